The topological polar surface area (TPSA) is 17.1 Å². The normalized spacial score (nSPS) is 12.5. The molecule has 3 aromatic heterocycles. The molecule has 0 unspecified atom stereocenters. The van der Waals surface area contributed by atoms with Gasteiger partial charge in [-0.3, -0.25) is 0 Å². The molecule has 0 amide bonds. The molecule has 0 bridgehead atoms. The van der Waals surface area contributed by atoms with E-state index in [-0.39, 0.29) is 0 Å². The highest BCUT2D eigenvalue weighted by Crippen LogP contribution is 2.47. The summed E-state index contributed by atoms with van der Waals surface area (Å²) in [5.41, 5.74) is 0. The second kappa shape index (κ2) is 8.85. The molecule has 0 aliphatic rings. The average Bonchev–Trinajstić information content (AvgIpc) is 3.70. The van der Waals surface area contributed by atoms with Crippen molar-refractivity contribution in [2.24, 2.45) is 0 Å². The maximum absolute atomic E-state index is 15.9. The molecule has 0 fully saturated rings. The molecular weight excluding hydrogens is 576 g/mol. The highest BCUT2D eigenvalue weighted by Gasteiger charge is 2.31. The molecule has 0 aliphatic carbocycles. The summed E-state index contributed by atoms with van der Waals surface area (Å²) in [5, 5.41) is 9.83. The van der Waals surface area contributed by atoms with Crippen molar-refractivity contribution in [3.63, 3.8) is 0 Å². The molecule has 0 saturated heterocycles. The van der Waals surface area contributed by atoms with E-state index in [1.165, 1.54) is 60.5 Å². The Balaban J connectivity index is 1.36. The van der Waals surface area contributed by atoms with Crippen LogP contribution in [0, 0.1) is 0 Å². The summed E-state index contributed by atoms with van der Waals surface area (Å²) < 4.78 is 23.4. The second-order valence-corrected chi connectivity index (χ2v) is 16.5. The molecule has 41 heavy (non-hydrogen) atoms. The number of thiophene rings is 3. The van der Waals surface area contributed by atoms with Crippen LogP contribution in [0.5, 0.6) is 0 Å². The second-order valence-electron chi connectivity index (χ2n) is 10.4. The van der Waals surface area contributed by atoms with Crippen molar-refractivity contribution in [2.45, 2.75) is 0 Å². The molecule has 1 nitrogen and oxygen atoms in total. The fourth-order valence-electron chi connectivity index (χ4n) is 6.18. The van der Waals surface area contributed by atoms with E-state index in [9.17, 15) is 0 Å². The Bertz CT molecular complexity index is 2250. The first-order chi connectivity index (χ1) is 20.2. The van der Waals surface area contributed by atoms with E-state index in [2.05, 4.69) is 127 Å². The summed E-state index contributed by atoms with van der Waals surface area (Å²) in [6, 6.07) is 45.0. The summed E-state index contributed by atoms with van der Waals surface area (Å²) in [7, 11) is -3.24. The van der Waals surface area contributed by atoms with Crippen LogP contribution in [0.15, 0.2) is 127 Å². The monoisotopic (exact) mass is 596 g/mol. The van der Waals surface area contributed by atoms with Gasteiger partial charge in [0.25, 0.3) is 0 Å². The molecule has 6 aromatic carbocycles. The molecule has 194 valence electrons. The Hall–Kier alpha value is -3.79. The van der Waals surface area contributed by atoms with Gasteiger partial charge in [-0.25, -0.2) is 0 Å². The number of hydrogen-bond acceptors (Lipinski definition) is 4. The Labute approximate surface area is 248 Å². The van der Waals surface area contributed by atoms with Crippen molar-refractivity contribution in [3.8, 4) is 0 Å². The van der Waals surface area contributed by atoms with E-state index in [0.717, 1.165) is 15.9 Å². The van der Waals surface area contributed by atoms with Crippen molar-refractivity contribution in [1.82, 2.24) is 0 Å². The summed E-state index contributed by atoms with van der Waals surface area (Å²) in [4.78, 5) is 0. The fraction of sp³-hybridized carbons (Fsp3) is 0. The van der Waals surface area contributed by atoms with Crippen molar-refractivity contribution in [1.29, 1.82) is 0 Å². The zero-order valence-electron chi connectivity index (χ0n) is 21.7. The van der Waals surface area contributed by atoms with Gasteiger partial charge in [-0.2, -0.15) is 0 Å². The number of hydrogen-bond donors (Lipinski definition) is 0. The maximum Gasteiger partial charge on any atom is 0.171 e. The SMILES string of the molecule is O=P(c1ccc2sc3ccccc3c2c1)(c1ccc2sc3ccccc3c2c1)c1ccc2sc3ccccc3c2c1. The van der Waals surface area contributed by atoms with Gasteiger partial charge < -0.3 is 4.57 Å². The third kappa shape index (κ3) is 3.49. The molecule has 0 N–H and O–H groups in total. The van der Waals surface area contributed by atoms with Gasteiger partial charge in [0.1, 0.15) is 0 Å². The van der Waals surface area contributed by atoms with E-state index < -0.39 is 7.14 Å². The Kier molecular flexibility index (Phi) is 5.15. The first-order valence-corrected chi connectivity index (χ1v) is 17.7. The predicted molar refractivity (Wildman–Crippen MR) is 185 cm³/mol. The molecule has 0 aliphatic heterocycles. The smallest absolute Gasteiger partial charge is 0.171 e. The highest BCUT2D eigenvalue weighted by molar-refractivity contribution is 7.85. The summed E-state index contributed by atoms with van der Waals surface area (Å²) in [6.07, 6.45) is 0. The minimum absolute atomic E-state index is 0.881. The predicted octanol–water partition coefficient (Wildman–Crippen LogP) is 10.4. The van der Waals surface area contributed by atoms with Gasteiger partial charge in [-0.05, 0) is 72.8 Å². The van der Waals surface area contributed by atoms with Crippen molar-refractivity contribution < 1.29 is 4.57 Å². The van der Waals surface area contributed by atoms with E-state index >= 15 is 4.57 Å². The third-order valence-corrected chi connectivity index (χ3v) is 14.6. The average molecular weight is 597 g/mol. The molecule has 0 atom stereocenters. The quantitative estimate of drug-likeness (QED) is 0.186. The number of rotatable bonds is 3. The molecular formula is C36H21OPS3. The first kappa shape index (κ1) is 23.9. The van der Waals surface area contributed by atoms with Gasteiger partial charge in [-0.15, -0.1) is 34.0 Å². The van der Waals surface area contributed by atoms with Crippen LogP contribution in [0.2, 0.25) is 0 Å². The molecule has 0 spiro atoms. The van der Waals surface area contributed by atoms with E-state index in [1.807, 2.05) is 0 Å². The number of benzene rings is 6. The Morgan fingerprint density at radius 1 is 0.341 bits per heavy atom. The van der Waals surface area contributed by atoms with E-state index in [4.69, 9.17) is 0 Å². The van der Waals surface area contributed by atoms with Gasteiger partial charge in [0.05, 0.1) is 0 Å². The minimum Gasteiger partial charge on any atom is -0.309 e. The molecule has 9 rings (SSSR count). The van der Waals surface area contributed by atoms with E-state index in [0.29, 0.717) is 0 Å². The zero-order valence-corrected chi connectivity index (χ0v) is 25.0. The third-order valence-electron chi connectivity index (χ3n) is 8.17. The minimum atomic E-state index is -3.24. The molecule has 0 saturated carbocycles. The van der Waals surface area contributed by atoms with Crippen LogP contribution >= 0.6 is 41.2 Å². The van der Waals surface area contributed by atoms with Gasteiger partial charge in [-0.1, -0.05) is 54.6 Å². The van der Waals surface area contributed by atoms with Gasteiger partial charge in [0, 0.05) is 76.4 Å². The van der Waals surface area contributed by atoms with Crippen LogP contribution in [-0.2, 0) is 4.57 Å². The zero-order chi connectivity index (χ0) is 27.1. The summed E-state index contributed by atoms with van der Waals surface area (Å²) in [6.45, 7) is 0. The maximum atomic E-state index is 15.9. The van der Waals surface area contributed by atoms with E-state index in [1.54, 1.807) is 34.0 Å². The fourth-order valence-corrected chi connectivity index (χ4v) is 12.1. The van der Waals surface area contributed by atoms with Crippen LogP contribution in [-0.4, -0.2) is 0 Å². The van der Waals surface area contributed by atoms with Crippen molar-refractivity contribution >= 4 is 118 Å². The van der Waals surface area contributed by atoms with Crippen LogP contribution < -0.4 is 15.9 Å². The standard InChI is InChI=1S/C36H21OPS3/c37-38(22-13-16-34-28(19-22)25-7-1-4-10-31(25)39-34,23-14-17-35-29(20-23)26-8-2-5-11-32(26)40-35)24-15-18-36-30(21-24)27-9-3-6-12-33(27)41-36/h1-21H. The molecule has 9 aromatic rings. The summed E-state index contributed by atoms with van der Waals surface area (Å²) >= 11 is 5.38. The Morgan fingerprint density at radius 3 is 0.976 bits per heavy atom. The van der Waals surface area contributed by atoms with Gasteiger partial charge >= 0.3 is 0 Å². The lowest BCUT2D eigenvalue weighted by Gasteiger charge is -2.21. The lowest BCUT2D eigenvalue weighted by molar-refractivity contribution is 0.592. The largest absolute Gasteiger partial charge is 0.309 e. The van der Waals surface area contributed by atoms with Crippen LogP contribution in [0.1, 0.15) is 0 Å². The van der Waals surface area contributed by atoms with Crippen LogP contribution in [0.25, 0.3) is 60.5 Å². The Morgan fingerprint density at radius 2 is 0.634 bits per heavy atom. The van der Waals surface area contributed by atoms with Crippen molar-refractivity contribution in [2.75, 3.05) is 0 Å². The first-order valence-electron chi connectivity index (χ1n) is 13.5. The summed E-state index contributed by atoms with van der Waals surface area (Å²) in [5.74, 6) is 0. The highest BCUT2D eigenvalue weighted by atomic mass is 32.1. The molecule has 0 radical (unpaired) electrons. The van der Waals surface area contributed by atoms with Gasteiger partial charge in [0.2, 0.25) is 0 Å². The van der Waals surface area contributed by atoms with Crippen LogP contribution in [0.3, 0.4) is 0 Å². The molecule has 3 heterocycles. The van der Waals surface area contributed by atoms with Gasteiger partial charge in [0.15, 0.2) is 7.14 Å². The number of fused-ring (bicyclic) bond motifs is 9. The lowest BCUT2D eigenvalue weighted by Crippen LogP contribution is -2.25. The van der Waals surface area contributed by atoms with Crippen LogP contribution in [0.4, 0.5) is 0 Å². The molecule has 5 heteroatoms. The lowest BCUT2D eigenvalue weighted by atomic mass is 10.1. The van der Waals surface area contributed by atoms with Crippen molar-refractivity contribution in [3.05, 3.63) is 127 Å².